The molecule has 0 spiro atoms. The van der Waals surface area contributed by atoms with Gasteiger partial charge < -0.3 is 15.5 Å². The van der Waals surface area contributed by atoms with Gasteiger partial charge in [-0.2, -0.15) is 4.52 Å². The first-order valence-corrected chi connectivity index (χ1v) is 12.6. The molecular formula is C22H24N8O2S2. The number of thiophene rings is 1. The summed E-state index contributed by atoms with van der Waals surface area (Å²) in [6.07, 6.45) is 3.09. The van der Waals surface area contributed by atoms with Crippen molar-refractivity contribution in [3.63, 3.8) is 0 Å². The Bertz CT molecular complexity index is 1340. The van der Waals surface area contributed by atoms with Crippen LogP contribution in [0.5, 0.6) is 0 Å². The van der Waals surface area contributed by atoms with E-state index in [9.17, 15) is 9.59 Å². The maximum Gasteiger partial charge on any atom is 0.229 e. The molecule has 5 heterocycles. The maximum atomic E-state index is 12.9. The second-order valence-corrected chi connectivity index (χ2v) is 10.5. The third kappa shape index (κ3) is 4.77. The van der Waals surface area contributed by atoms with Gasteiger partial charge in [-0.05, 0) is 44.0 Å². The lowest BCUT2D eigenvalue weighted by atomic mass is 9.96. The number of anilines is 2. The molecule has 10 nitrogen and oxygen atoms in total. The summed E-state index contributed by atoms with van der Waals surface area (Å²) in [5.74, 6) is 0.761. The van der Waals surface area contributed by atoms with Crippen LogP contribution in [-0.4, -0.2) is 49.7 Å². The second kappa shape index (κ2) is 9.47. The van der Waals surface area contributed by atoms with Crippen LogP contribution in [0.25, 0.3) is 16.2 Å². The fourth-order valence-corrected chi connectivity index (χ4v) is 5.85. The zero-order valence-electron chi connectivity index (χ0n) is 18.8. The van der Waals surface area contributed by atoms with E-state index in [0.717, 1.165) is 52.1 Å². The third-order valence-electron chi connectivity index (χ3n) is 5.77. The molecule has 1 saturated heterocycles. The summed E-state index contributed by atoms with van der Waals surface area (Å²) in [4.78, 5) is 34.1. The lowest BCUT2D eigenvalue weighted by molar-refractivity contribution is -0.120. The molecule has 0 atom stereocenters. The predicted octanol–water partition coefficient (Wildman–Crippen LogP) is 3.11. The summed E-state index contributed by atoms with van der Waals surface area (Å²) in [6.45, 7) is 5.54. The molecule has 5 rings (SSSR count). The molecule has 2 N–H and O–H groups in total. The molecule has 0 aromatic carbocycles. The molecule has 1 aliphatic heterocycles. The van der Waals surface area contributed by atoms with Crippen molar-refractivity contribution in [1.82, 2.24) is 30.1 Å². The predicted molar refractivity (Wildman–Crippen MR) is 132 cm³/mol. The molecule has 12 heteroatoms. The van der Waals surface area contributed by atoms with E-state index in [1.807, 2.05) is 31.2 Å². The van der Waals surface area contributed by atoms with Crippen LogP contribution in [0.15, 0.2) is 30.6 Å². The summed E-state index contributed by atoms with van der Waals surface area (Å²) in [7, 11) is 0. The van der Waals surface area contributed by atoms with Crippen molar-refractivity contribution in [3.8, 4) is 10.6 Å². The average molecular weight is 497 g/mol. The van der Waals surface area contributed by atoms with Gasteiger partial charge in [0.25, 0.3) is 0 Å². The van der Waals surface area contributed by atoms with Gasteiger partial charge >= 0.3 is 0 Å². The van der Waals surface area contributed by atoms with Gasteiger partial charge in [-0.1, -0.05) is 0 Å². The minimum Gasteiger partial charge on any atom is -0.355 e. The van der Waals surface area contributed by atoms with E-state index in [1.165, 1.54) is 18.3 Å². The van der Waals surface area contributed by atoms with Crippen molar-refractivity contribution >= 4 is 51.1 Å². The van der Waals surface area contributed by atoms with Gasteiger partial charge in [0.05, 0.1) is 17.1 Å². The number of amides is 2. The number of hydrogen-bond donors (Lipinski definition) is 2. The van der Waals surface area contributed by atoms with Crippen LogP contribution in [0.2, 0.25) is 0 Å². The first-order chi connectivity index (χ1) is 16.5. The van der Waals surface area contributed by atoms with E-state index in [4.69, 9.17) is 0 Å². The molecule has 4 aromatic rings. The van der Waals surface area contributed by atoms with Crippen LogP contribution >= 0.6 is 22.7 Å². The Morgan fingerprint density at radius 3 is 2.76 bits per heavy atom. The van der Waals surface area contributed by atoms with Gasteiger partial charge in [-0.25, -0.2) is 4.98 Å². The molecule has 0 aliphatic carbocycles. The van der Waals surface area contributed by atoms with Crippen molar-refractivity contribution in [3.05, 3.63) is 40.3 Å². The Labute approximate surface area is 204 Å². The van der Waals surface area contributed by atoms with Gasteiger partial charge in [-0.3, -0.25) is 9.59 Å². The number of piperidine rings is 1. The van der Waals surface area contributed by atoms with Crippen LogP contribution in [0, 0.1) is 12.8 Å². The number of hydrogen-bond acceptors (Lipinski definition) is 9. The molecule has 0 unspecified atom stereocenters. The van der Waals surface area contributed by atoms with Crippen LogP contribution in [-0.2, 0) is 16.1 Å². The fraction of sp³-hybridized carbons (Fsp3) is 0.364. The highest BCUT2D eigenvalue weighted by Crippen LogP contribution is 2.35. The van der Waals surface area contributed by atoms with Gasteiger partial charge in [0.1, 0.15) is 12.1 Å². The number of fused-ring (bicyclic) bond motifs is 1. The zero-order valence-corrected chi connectivity index (χ0v) is 20.4. The van der Waals surface area contributed by atoms with Crippen molar-refractivity contribution < 1.29 is 9.59 Å². The average Bonchev–Trinajstić information content (AvgIpc) is 3.57. The van der Waals surface area contributed by atoms with Crippen LogP contribution in [0.1, 0.15) is 29.5 Å². The summed E-state index contributed by atoms with van der Waals surface area (Å²) in [6, 6.07) is 7.84. The Morgan fingerprint density at radius 2 is 1.97 bits per heavy atom. The largest absolute Gasteiger partial charge is 0.355 e. The van der Waals surface area contributed by atoms with Crippen LogP contribution in [0.3, 0.4) is 0 Å². The van der Waals surface area contributed by atoms with Crippen molar-refractivity contribution in [1.29, 1.82) is 0 Å². The van der Waals surface area contributed by atoms with E-state index in [1.54, 1.807) is 22.2 Å². The molecular weight excluding hydrogens is 472 g/mol. The summed E-state index contributed by atoms with van der Waals surface area (Å²) >= 11 is 3.08. The van der Waals surface area contributed by atoms with Gasteiger partial charge in [0.15, 0.2) is 10.8 Å². The number of aryl methyl sites for hydroxylation is 1. The number of aromatic nitrogens is 5. The van der Waals surface area contributed by atoms with E-state index in [0.29, 0.717) is 17.3 Å². The molecule has 0 saturated carbocycles. The topological polar surface area (TPSA) is 117 Å². The minimum atomic E-state index is -0.0615. The highest BCUT2D eigenvalue weighted by molar-refractivity contribution is 7.18. The lowest BCUT2D eigenvalue weighted by Gasteiger charge is -2.31. The van der Waals surface area contributed by atoms with Crippen molar-refractivity contribution in [2.24, 2.45) is 5.92 Å². The van der Waals surface area contributed by atoms with E-state index in [-0.39, 0.29) is 17.7 Å². The molecule has 2 amide bonds. The number of thiazole rings is 1. The number of nitrogens with one attached hydrogen (secondary N) is 2. The zero-order chi connectivity index (χ0) is 23.7. The molecule has 1 aliphatic rings. The van der Waals surface area contributed by atoms with Gasteiger partial charge in [-0.15, -0.1) is 38.0 Å². The highest BCUT2D eigenvalue weighted by atomic mass is 32.1. The van der Waals surface area contributed by atoms with Crippen LogP contribution < -0.4 is 15.5 Å². The molecule has 0 radical (unpaired) electrons. The highest BCUT2D eigenvalue weighted by Gasteiger charge is 2.27. The standard InChI is InChI=1S/C22H24N8O2S2/c1-13-20(17-4-3-16(34-17)11-23-14(2)31)25-22(33-13)26-21(32)15-7-9-29(10-8-15)19-6-5-18-27-24-12-30(18)28-19/h3-6,12,15H,7-11H2,1-2H3,(H,23,31)(H,25,26,32). The smallest absolute Gasteiger partial charge is 0.229 e. The van der Waals surface area contributed by atoms with Crippen molar-refractivity contribution in [2.45, 2.75) is 33.2 Å². The number of nitrogens with zero attached hydrogens (tertiary/aromatic N) is 6. The van der Waals surface area contributed by atoms with Crippen molar-refractivity contribution in [2.75, 3.05) is 23.3 Å². The monoisotopic (exact) mass is 496 g/mol. The third-order valence-corrected chi connectivity index (χ3v) is 7.75. The first kappa shape index (κ1) is 22.4. The Hall–Kier alpha value is -3.38. The molecule has 0 bridgehead atoms. The van der Waals surface area contributed by atoms with Gasteiger partial charge in [0, 0.05) is 35.7 Å². The molecule has 34 heavy (non-hydrogen) atoms. The molecule has 176 valence electrons. The Morgan fingerprint density at radius 1 is 1.15 bits per heavy atom. The SMILES string of the molecule is CC(=O)NCc1ccc(-c2nc(NC(=O)C3CCN(c4ccc5nncn5n4)CC3)sc2C)s1. The Kier molecular flexibility index (Phi) is 6.24. The maximum absolute atomic E-state index is 12.9. The molecule has 4 aromatic heterocycles. The second-order valence-electron chi connectivity index (χ2n) is 8.18. The minimum absolute atomic E-state index is 0.0136. The summed E-state index contributed by atoms with van der Waals surface area (Å²) in [5, 5.41) is 18.9. The van der Waals surface area contributed by atoms with Gasteiger partial charge in [0.2, 0.25) is 11.8 Å². The quantitative estimate of drug-likeness (QED) is 0.421. The Balaban J connectivity index is 1.19. The van der Waals surface area contributed by atoms with E-state index >= 15 is 0 Å². The van der Waals surface area contributed by atoms with E-state index < -0.39 is 0 Å². The van der Waals surface area contributed by atoms with Crippen LogP contribution in [0.4, 0.5) is 10.9 Å². The first-order valence-electron chi connectivity index (χ1n) is 11.0. The normalized spacial score (nSPS) is 14.5. The molecule has 1 fully saturated rings. The summed E-state index contributed by atoms with van der Waals surface area (Å²) < 4.78 is 1.66. The number of carbonyl (C=O) groups excluding carboxylic acids is 2. The van der Waals surface area contributed by atoms with E-state index in [2.05, 4.69) is 35.8 Å². The number of rotatable bonds is 6. The lowest BCUT2D eigenvalue weighted by Crippen LogP contribution is -2.38. The fourth-order valence-electron chi connectivity index (χ4n) is 3.96. The summed E-state index contributed by atoms with van der Waals surface area (Å²) in [5.41, 5.74) is 1.59. The number of carbonyl (C=O) groups is 2.